The van der Waals surface area contributed by atoms with Gasteiger partial charge in [0, 0.05) is 18.2 Å². The Hall–Kier alpha value is -1.35. The molecule has 1 N–H and O–H groups in total. The van der Waals surface area contributed by atoms with Crippen molar-refractivity contribution in [2.24, 2.45) is 29.6 Å². The Bertz CT molecular complexity index is 564. The molecule has 4 aliphatic rings. The van der Waals surface area contributed by atoms with Crippen molar-refractivity contribution in [3.05, 3.63) is 29.8 Å². The Morgan fingerprint density at radius 2 is 1.58 bits per heavy atom. The highest BCUT2D eigenvalue weighted by molar-refractivity contribution is 5.93. The molecule has 0 aromatic heterocycles. The molecule has 1 amide bonds. The smallest absolute Gasteiger partial charge is 0.228 e. The SMILES string of the molecule is CN(C)CCc1ccc(NC(=O)C2C3CC4CC(C3)CC2C4)cc1. The van der Waals surface area contributed by atoms with Gasteiger partial charge in [0.2, 0.25) is 5.91 Å². The normalized spacial score (nSPS) is 33.9. The Morgan fingerprint density at radius 1 is 1.00 bits per heavy atom. The number of carbonyl (C=O) groups is 1. The van der Waals surface area contributed by atoms with Crippen LogP contribution in [0.25, 0.3) is 0 Å². The number of hydrogen-bond donors (Lipinski definition) is 1. The van der Waals surface area contributed by atoms with Crippen LogP contribution < -0.4 is 5.32 Å². The molecule has 130 valence electrons. The fraction of sp³-hybridized carbons (Fsp3) is 0.667. The van der Waals surface area contributed by atoms with Crippen LogP contribution in [-0.4, -0.2) is 31.4 Å². The first-order valence-electron chi connectivity index (χ1n) is 9.63. The first-order valence-corrected chi connectivity index (χ1v) is 9.63. The van der Waals surface area contributed by atoms with E-state index in [0.717, 1.165) is 30.5 Å². The molecule has 0 spiro atoms. The van der Waals surface area contributed by atoms with Crippen molar-refractivity contribution in [1.29, 1.82) is 0 Å². The molecule has 4 fully saturated rings. The van der Waals surface area contributed by atoms with Crippen molar-refractivity contribution in [3.8, 4) is 0 Å². The van der Waals surface area contributed by atoms with E-state index in [0.29, 0.717) is 11.8 Å². The zero-order valence-corrected chi connectivity index (χ0v) is 15.0. The average molecular weight is 326 g/mol. The van der Waals surface area contributed by atoms with Crippen LogP contribution in [0.15, 0.2) is 24.3 Å². The van der Waals surface area contributed by atoms with E-state index in [1.807, 2.05) is 0 Å². The van der Waals surface area contributed by atoms with Crippen LogP contribution in [-0.2, 0) is 11.2 Å². The van der Waals surface area contributed by atoms with E-state index in [1.165, 1.54) is 37.7 Å². The van der Waals surface area contributed by atoms with Crippen LogP contribution in [0.1, 0.15) is 37.7 Å². The molecule has 4 bridgehead atoms. The van der Waals surface area contributed by atoms with Crippen LogP contribution in [0.3, 0.4) is 0 Å². The van der Waals surface area contributed by atoms with Crippen molar-refractivity contribution >= 4 is 11.6 Å². The molecule has 0 radical (unpaired) electrons. The summed E-state index contributed by atoms with van der Waals surface area (Å²) in [5, 5.41) is 3.21. The van der Waals surface area contributed by atoms with Gasteiger partial charge in [-0.2, -0.15) is 0 Å². The third-order valence-electron chi connectivity index (χ3n) is 6.60. The summed E-state index contributed by atoms with van der Waals surface area (Å²) in [6.07, 6.45) is 7.69. The van der Waals surface area contributed by atoms with Gasteiger partial charge in [-0.25, -0.2) is 0 Å². The van der Waals surface area contributed by atoms with Gasteiger partial charge in [0.1, 0.15) is 0 Å². The van der Waals surface area contributed by atoms with E-state index in [4.69, 9.17) is 0 Å². The maximum Gasteiger partial charge on any atom is 0.228 e. The number of benzene rings is 1. The molecule has 1 aromatic carbocycles. The Kier molecular flexibility index (Phi) is 4.38. The lowest BCUT2D eigenvalue weighted by Gasteiger charge is -2.53. The number of amides is 1. The van der Waals surface area contributed by atoms with Crippen LogP contribution in [0.2, 0.25) is 0 Å². The highest BCUT2D eigenvalue weighted by atomic mass is 16.1. The van der Waals surface area contributed by atoms with Crippen molar-refractivity contribution in [3.63, 3.8) is 0 Å². The molecule has 3 heteroatoms. The summed E-state index contributed by atoms with van der Waals surface area (Å²) < 4.78 is 0. The highest BCUT2D eigenvalue weighted by Gasteiger charge is 2.50. The molecule has 0 unspecified atom stereocenters. The third kappa shape index (κ3) is 3.23. The lowest BCUT2D eigenvalue weighted by Crippen LogP contribution is -2.49. The van der Waals surface area contributed by atoms with Gasteiger partial charge < -0.3 is 10.2 Å². The van der Waals surface area contributed by atoms with Gasteiger partial charge in [0.25, 0.3) is 0 Å². The molecule has 24 heavy (non-hydrogen) atoms. The predicted octanol–water partition coefficient (Wildman–Crippen LogP) is 3.80. The van der Waals surface area contributed by atoms with Gasteiger partial charge in [0.15, 0.2) is 0 Å². The molecular weight excluding hydrogens is 296 g/mol. The average Bonchev–Trinajstić information content (AvgIpc) is 2.53. The van der Waals surface area contributed by atoms with Crippen molar-refractivity contribution < 1.29 is 4.79 Å². The number of hydrogen-bond acceptors (Lipinski definition) is 2. The summed E-state index contributed by atoms with van der Waals surface area (Å²) in [5.41, 5.74) is 2.29. The summed E-state index contributed by atoms with van der Waals surface area (Å²) in [5.74, 6) is 3.71. The molecule has 1 aromatic rings. The predicted molar refractivity (Wildman–Crippen MR) is 97.9 cm³/mol. The van der Waals surface area contributed by atoms with Gasteiger partial charge >= 0.3 is 0 Å². The standard InChI is InChI=1S/C21H30N2O/c1-23(2)8-7-14-3-5-19(6-4-14)22-21(24)20-17-10-15-9-16(12-17)13-18(20)11-15/h3-6,15-18,20H,7-13H2,1-2H3,(H,22,24). The van der Waals surface area contributed by atoms with E-state index in [1.54, 1.807) is 0 Å². The molecule has 0 aliphatic heterocycles. The first kappa shape index (κ1) is 16.1. The van der Waals surface area contributed by atoms with Crippen molar-refractivity contribution in [1.82, 2.24) is 4.90 Å². The number of likely N-dealkylation sites (N-methyl/N-ethyl adjacent to an activating group) is 1. The minimum Gasteiger partial charge on any atom is -0.326 e. The van der Waals surface area contributed by atoms with Crippen LogP contribution in [0, 0.1) is 29.6 Å². The molecule has 0 heterocycles. The van der Waals surface area contributed by atoms with E-state index in [-0.39, 0.29) is 11.8 Å². The summed E-state index contributed by atoms with van der Waals surface area (Å²) in [4.78, 5) is 15.1. The summed E-state index contributed by atoms with van der Waals surface area (Å²) in [7, 11) is 4.19. The monoisotopic (exact) mass is 326 g/mol. The fourth-order valence-electron chi connectivity index (χ4n) is 5.69. The number of rotatable bonds is 5. The Labute approximate surface area is 145 Å². The number of nitrogens with zero attached hydrogens (tertiary/aromatic N) is 1. The van der Waals surface area contributed by atoms with Gasteiger partial charge in [-0.3, -0.25) is 4.79 Å². The maximum absolute atomic E-state index is 12.9. The summed E-state index contributed by atoms with van der Waals surface area (Å²) in [6.45, 7) is 1.06. The Balaban J connectivity index is 1.37. The second-order valence-corrected chi connectivity index (χ2v) is 8.70. The van der Waals surface area contributed by atoms with Crippen molar-refractivity contribution in [2.75, 3.05) is 26.0 Å². The number of carbonyl (C=O) groups excluding carboxylic acids is 1. The lowest BCUT2D eigenvalue weighted by molar-refractivity contribution is -0.132. The highest BCUT2D eigenvalue weighted by Crippen LogP contribution is 2.56. The first-order chi connectivity index (χ1) is 11.6. The van der Waals surface area contributed by atoms with E-state index in [9.17, 15) is 4.79 Å². The minimum absolute atomic E-state index is 0.270. The molecule has 4 saturated carbocycles. The zero-order valence-electron chi connectivity index (χ0n) is 15.0. The Morgan fingerprint density at radius 3 is 2.12 bits per heavy atom. The van der Waals surface area contributed by atoms with E-state index in [2.05, 4.69) is 48.6 Å². The quantitative estimate of drug-likeness (QED) is 0.892. The molecule has 5 rings (SSSR count). The minimum atomic E-state index is 0.270. The molecule has 4 aliphatic carbocycles. The summed E-state index contributed by atoms with van der Waals surface area (Å²) >= 11 is 0. The second kappa shape index (κ2) is 6.51. The summed E-state index contributed by atoms with van der Waals surface area (Å²) in [6, 6.07) is 8.43. The van der Waals surface area contributed by atoms with Crippen LogP contribution in [0.4, 0.5) is 5.69 Å². The fourth-order valence-corrected chi connectivity index (χ4v) is 5.69. The molecular formula is C21H30N2O. The molecule has 0 saturated heterocycles. The van der Waals surface area contributed by atoms with Crippen molar-refractivity contribution in [2.45, 2.75) is 38.5 Å². The van der Waals surface area contributed by atoms with Gasteiger partial charge in [-0.05, 0) is 94.0 Å². The van der Waals surface area contributed by atoms with Gasteiger partial charge in [-0.15, -0.1) is 0 Å². The molecule has 0 atom stereocenters. The van der Waals surface area contributed by atoms with Gasteiger partial charge in [-0.1, -0.05) is 12.1 Å². The van der Waals surface area contributed by atoms with Crippen LogP contribution >= 0.6 is 0 Å². The maximum atomic E-state index is 12.9. The number of anilines is 1. The molecule has 3 nitrogen and oxygen atoms in total. The second-order valence-electron chi connectivity index (χ2n) is 8.70. The largest absolute Gasteiger partial charge is 0.326 e. The van der Waals surface area contributed by atoms with E-state index < -0.39 is 0 Å². The lowest BCUT2D eigenvalue weighted by atomic mass is 9.51. The van der Waals surface area contributed by atoms with E-state index >= 15 is 0 Å². The third-order valence-corrected chi connectivity index (χ3v) is 6.60. The topological polar surface area (TPSA) is 32.3 Å². The van der Waals surface area contributed by atoms with Gasteiger partial charge in [0.05, 0.1) is 0 Å². The zero-order chi connectivity index (χ0) is 16.7. The van der Waals surface area contributed by atoms with Crippen LogP contribution in [0.5, 0.6) is 0 Å². The number of nitrogens with one attached hydrogen (secondary N) is 1.